The minimum absolute atomic E-state index is 0.0544. The van der Waals surface area contributed by atoms with Gasteiger partial charge in [-0.3, -0.25) is 4.79 Å². The lowest BCUT2D eigenvalue weighted by molar-refractivity contribution is 0.0916. The van der Waals surface area contributed by atoms with Crippen LogP contribution < -0.4 is 16.4 Å². The standard InChI is InChI=1S/C15H21N3O3/c16-15(21)17-8-10-4-6-11(7-5-10)14(20)18-13-3-1-2-12(13)9-19/h4-7,12-13,19H,1-3,8-9H2,(H,18,20)(H3,16,17,21). The van der Waals surface area contributed by atoms with Crippen molar-refractivity contribution in [2.24, 2.45) is 11.7 Å². The van der Waals surface area contributed by atoms with E-state index in [1.54, 1.807) is 24.3 Å². The van der Waals surface area contributed by atoms with Crippen LogP contribution in [0.5, 0.6) is 0 Å². The number of benzene rings is 1. The highest BCUT2D eigenvalue weighted by atomic mass is 16.3. The van der Waals surface area contributed by atoms with Crippen LogP contribution in [0.4, 0.5) is 4.79 Å². The third-order valence-electron chi connectivity index (χ3n) is 3.89. The van der Waals surface area contributed by atoms with E-state index in [1.165, 1.54) is 0 Å². The van der Waals surface area contributed by atoms with E-state index < -0.39 is 6.03 Å². The Labute approximate surface area is 123 Å². The zero-order chi connectivity index (χ0) is 15.2. The SMILES string of the molecule is NC(=O)NCc1ccc(C(=O)NC2CCCC2CO)cc1. The second-order valence-corrected chi connectivity index (χ2v) is 5.37. The van der Waals surface area contributed by atoms with Gasteiger partial charge in [-0.15, -0.1) is 0 Å². The molecule has 0 heterocycles. The largest absolute Gasteiger partial charge is 0.396 e. The van der Waals surface area contributed by atoms with Gasteiger partial charge in [0, 0.05) is 30.7 Å². The molecule has 0 bridgehead atoms. The predicted octanol–water partition coefficient (Wildman–Crippen LogP) is 0.746. The quantitative estimate of drug-likeness (QED) is 0.643. The highest BCUT2D eigenvalue weighted by Gasteiger charge is 2.27. The van der Waals surface area contributed by atoms with Gasteiger partial charge in [0.1, 0.15) is 0 Å². The lowest BCUT2D eigenvalue weighted by Crippen LogP contribution is -2.38. The zero-order valence-corrected chi connectivity index (χ0v) is 11.8. The summed E-state index contributed by atoms with van der Waals surface area (Å²) in [4.78, 5) is 22.8. The van der Waals surface area contributed by atoms with Crippen LogP contribution in [0.3, 0.4) is 0 Å². The number of amides is 3. The Morgan fingerprint density at radius 3 is 2.57 bits per heavy atom. The van der Waals surface area contributed by atoms with Gasteiger partial charge in [0.15, 0.2) is 0 Å². The molecule has 2 unspecified atom stereocenters. The summed E-state index contributed by atoms with van der Waals surface area (Å²) in [5.41, 5.74) is 6.45. The van der Waals surface area contributed by atoms with Crippen molar-refractivity contribution in [3.05, 3.63) is 35.4 Å². The number of urea groups is 1. The number of aliphatic hydroxyl groups is 1. The third-order valence-corrected chi connectivity index (χ3v) is 3.89. The topological polar surface area (TPSA) is 104 Å². The summed E-state index contributed by atoms with van der Waals surface area (Å²) in [6, 6.07) is 6.48. The molecule has 3 amide bonds. The first-order chi connectivity index (χ1) is 10.1. The monoisotopic (exact) mass is 291 g/mol. The van der Waals surface area contributed by atoms with Gasteiger partial charge < -0.3 is 21.5 Å². The van der Waals surface area contributed by atoms with Crippen molar-refractivity contribution in [1.82, 2.24) is 10.6 Å². The van der Waals surface area contributed by atoms with Crippen molar-refractivity contribution in [2.45, 2.75) is 31.8 Å². The number of carbonyl (C=O) groups excluding carboxylic acids is 2. The maximum Gasteiger partial charge on any atom is 0.312 e. The van der Waals surface area contributed by atoms with Crippen LogP contribution in [0, 0.1) is 5.92 Å². The first kappa shape index (κ1) is 15.3. The van der Waals surface area contributed by atoms with E-state index in [9.17, 15) is 14.7 Å². The molecule has 2 atom stereocenters. The lowest BCUT2D eigenvalue weighted by Gasteiger charge is -2.19. The van der Waals surface area contributed by atoms with Crippen LogP contribution in [-0.2, 0) is 6.54 Å². The minimum Gasteiger partial charge on any atom is -0.396 e. The first-order valence-electron chi connectivity index (χ1n) is 7.14. The molecular weight excluding hydrogens is 270 g/mol. The number of nitrogens with one attached hydrogen (secondary N) is 2. The number of hydrogen-bond donors (Lipinski definition) is 4. The highest BCUT2D eigenvalue weighted by molar-refractivity contribution is 5.94. The summed E-state index contributed by atoms with van der Waals surface area (Å²) >= 11 is 0. The second-order valence-electron chi connectivity index (χ2n) is 5.37. The molecule has 6 heteroatoms. The second kappa shape index (κ2) is 7.08. The first-order valence-corrected chi connectivity index (χ1v) is 7.14. The molecule has 114 valence electrons. The molecule has 6 nitrogen and oxygen atoms in total. The van der Waals surface area contributed by atoms with Crippen molar-refractivity contribution < 1.29 is 14.7 Å². The molecule has 1 aromatic rings. The summed E-state index contributed by atoms with van der Waals surface area (Å²) in [6.07, 6.45) is 2.91. The van der Waals surface area contributed by atoms with E-state index >= 15 is 0 Å². The number of aliphatic hydroxyl groups excluding tert-OH is 1. The Morgan fingerprint density at radius 2 is 1.95 bits per heavy atom. The molecule has 5 N–H and O–H groups in total. The smallest absolute Gasteiger partial charge is 0.312 e. The number of primary amides is 1. The van der Waals surface area contributed by atoms with E-state index in [4.69, 9.17) is 5.73 Å². The fourth-order valence-corrected chi connectivity index (χ4v) is 2.66. The number of hydrogen-bond acceptors (Lipinski definition) is 3. The maximum absolute atomic E-state index is 12.2. The van der Waals surface area contributed by atoms with Crippen LogP contribution >= 0.6 is 0 Å². The van der Waals surface area contributed by atoms with Gasteiger partial charge in [-0.2, -0.15) is 0 Å². The summed E-state index contributed by atoms with van der Waals surface area (Å²) in [5, 5.41) is 14.7. The Balaban J connectivity index is 1.92. The summed E-state index contributed by atoms with van der Waals surface area (Å²) in [5.74, 6) is 0.0303. The summed E-state index contributed by atoms with van der Waals surface area (Å²) < 4.78 is 0. The average molecular weight is 291 g/mol. The molecule has 0 spiro atoms. The van der Waals surface area contributed by atoms with Crippen molar-refractivity contribution >= 4 is 11.9 Å². The molecule has 0 saturated heterocycles. The number of nitrogens with two attached hydrogens (primary N) is 1. The van der Waals surface area contributed by atoms with Crippen molar-refractivity contribution in [1.29, 1.82) is 0 Å². The van der Waals surface area contributed by atoms with Crippen LogP contribution in [0.15, 0.2) is 24.3 Å². The molecule has 0 radical (unpaired) electrons. The molecule has 1 aromatic carbocycles. The Morgan fingerprint density at radius 1 is 1.24 bits per heavy atom. The van der Waals surface area contributed by atoms with Crippen LogP contribution in [0.1, 0.15) is 35.2 Å². The van der Waals surface area contributed by atoms with Gasteiger partial charge in [-0.1, -0.05) is 18.6 Å². The van der Waals surface area contributed by atoms with Gasteiger partial charge in [-0.25, -0.2) is 4.79 Å². The molecular formula is C15H21N3O3. The molecule has 0 aliphatic heterocycles. The third kappa shape index (κ3) is 4.19. The van der Waals surface area contributed by atoms with Crippen LogP contribution in [-0.4, -0.2) is 29.7 Å². The molecule has 1 saturated carbocycles. The van der Waals surface area contributed by atoms with E-state index in [0.29, 0.717) is 12.1 Å². The normalized spacial score (nSPS) is 21.0. The summed E-state index contributed by atoms with van der Waals surface area (Å²) in [7, 11) is 0. The molecule has 2 rings (SSSR count). The average Bonchev–Trinajstić information content (AvgIpc) is 2.92. The molecule has 21 heavy (non-hydrogen) atoms. The van der Waals surface area contributed by atoms with E-state index in [2.05, 4.69) is 10.6 Å². The van der Waals surface area contributed by atoms with Gasteiger partial charge in [0.05, 0.1) is 0 Å². The Hall–Kier alpha value is -2.08. The maximum atomic E-state index is 12.2. The highest BCUT2D eigenvalue weighted by Crippen LogP contribution is 2.25. The molecule has 1 aliphatic carbocycles. The Bertz CT molecular complexity index is 501. The zero-order valence-electron chi connectivity index (χ0n) is 11.8. The van der Waals surface area contributed by atoms with Gasteiger partial charge >= 0.3 is 6.03 Å². The molecule has 1 aliphatic rings. The van der Waals surface area contributed by atoms with Crippen molar-refractivity contribution in [3.8, 4) is 0 Å². The van der Waals surface area contributed by atoms with E-state index in [0.717, 1.165) is 24.8 Å². The lowest BCUT2D eigenvalue weighted by atomic mass is 10.0. The number of rotatable bonds is 5. The van der Waals surface area contributed by atoms with E-state index in [-0.39, 0.29) is 24.5 Å². The van der Waals surface area contributed by atoms with Crippen LogP contribution in [0.25, 0.3) is 0 Å². The Kier molecular flexibility index (Phi) is 5.16. The van der Waals surface area contributed by atoms with Gasteiger partial charge in [0.25, 0.3) is 5.91 Å². The van der Waals surface area contributed by atoms with Crippen LogP contribution in [0.2, 0.25) is 0 Å². The predicted molar refractivity (Wildman–Crippen MR) is 78.5 cm³/mol. The molecule has 0 aromatic heterocycles. The molecule has 1 fully saturated rings. The van der Waals surface area contributed by atoms with Gasteiger partial charge in [-0.05, 0) is 30.5 Å². The fraction of sp³-hybridized carbons (Fsp3) is 0.467. The van der Waals surface area contributed by atoms with E-state index in [1.807, 2.05) is 0 Å². The van der Waals surface area contributed by atoms with Crippen molar-refractivity contribution in [2.75, 3.05) is 6.61 Å². The fourth-order valence-electron chi connectivity index (χ4n) is 2.66. The van der Waals surface area contributed by atoms with Gasteiger partial charge in [0.2, 0.25) is 0 Å². The van der Waals surface area contributed by atoms with Crippen molar-refractivity contribution in [3.63, 3.8) is 0 Å². The minimum atomic E-state index is -0.576. The summed E-state index contributed by atoms with van der Waals surface area (Å²) in [6.45, 7) is 0.453. The number of carbonyl (C=O) groups is 2.